The summed E-state index contributed by atoms with van der Waals surface area (Å²) in [4.78, 5) is 0. The number of para-hydroxylation sites is 1. The minimum Gasteiger partial charge on any atom is -0.455 e. The van der Waals surface area contributed by atoms with E-state index in [1.165, 1.54) is 0 Å². The molecule has 1 heteroatoms. The largest absolute Gasteiger partial charge is 0.455 e. The first-order chi connectivity index (χ1) is 29.7. The van der Waals surface area contributed by atoms with Crippen LogP contribution in [0.2, 0.25) is 0 Å². The molecule has 0 aliphatic carbocycles. The molecule has 0 aliphatic heterocycles. The van der Waals surface area contributed by atoms with E-state index in [0.29, 0.717) is 16.5 Å². The molecule has 0 N–H and O–H groups in total. The first-order valence-corrected chi connectivity index (χ1v) is 15.8. The average Bonchev–Trinajstić information content (AvgIpc) is 3.68. The van der Waals surface area contributed by atoms with E-state index in [0.717, 1.165) is 21.5 Å². The third-order valence-corrected chi connectivity index (χ3v) is 9.19. The predicted octanol–water partition coefficient (Wildman–Crippen LogP) is 13.7. The molecule has 0 bridgehead atoms. The van der Waals surface area contributed by atoms with E-state index in [1.54, 1.807) is 48.5 Å². The standard InChI is InChI=1S/C48H30O/c1-3-16-31(17-4-1)35-28-15-29-42-46(48(49-47(35)42)43-30-33-20-7-8-21-34(33)36-22-9-10-23-37(36)43)45-40-26-13-11-24-38(40)44(32-18-5-2-6-19-32)39-25-12-14-27-41(39)45/h1-30H/i1D,3D,4D,11D,12D,13D,14D,16D,17D,24D,25D,26D,27D. The highest BCUT2D eigenvalue weighted by Crippen LogP contribution is 2.52. The minimum atomic E-state index is -0.570. The van der Waals surface area contributed by atoms with Crippen molar-refractivity contribution in [3.05, 3.63) is 182 Å². The Balaban J connectivity index is 1.53. The van der Waals surface area contributed by atoms with Gasteiger partial charge in [-0.2, -0.15) is 0 Å². The molecule has 0 spiro atoms. The first-order valence-electron chi connectivity index (χ1n) is 22.3. The normalized spacial score (nSPS) is 15.4. The van der Waals surface area contributed by atoms with Crippen molar-refractivity contribution in [2.24, 2.45) is 0 Å². The van der Waals surface area contributed by atoms with Crippen LogP contribution in [0.4, 0.5) is 0 Å². The van der Waals surface area contributed by atoms with Crippen molar-refractivity contribution in [2.75, 3.05) is 0 Å². The summed E-state index contributed by atoms with van der Waals surface area (Å²) in [5.41, 5.74) is 1.58. The van der Waals surface area contributed by atoms with Gasteiger partial charge in [-0.25, -0.2) is 0 Å². The van der Waals surface area contributed by atoms with E-state index in [2.05, 4.69) is 0 Å². The van der Waals surface area contributed by atoms with E-state index in [-0.39, 0.29) is 60.7 Å². The topological polar surface area (TPSA) is 13.1 Å². The van der Waals surface area contributed by atoms with Crippen molar-refractivity contribution in [2.45, 2.75) is 0 Å². The molecule has 0 saturated heterocycles. The summed E-state index contributed by atoms with van der Waals surface area (Å²) in [6.07, 6.45) is 0. The maximum atomic E-state index is 9.62. The first kappa shape index (κ1) is 17.6. The van der Waals surface area contributed by atoms with Crippen molar-refractivity contribution in [1.29, 1.82) is 0 Å². The lowest BCUT2D eigenvalue weighted by Crippen LogP contribution is -1.92. The third kappa shape index (κ3) is 4.26. The molecule has 1 nitrogen and oxygen atoms in total. The van der Waals surface area contributed by atoms with Gasteiger partial charge in [0.25, 0.3) is 0 Å². The molecule has 0 saturated carbocycles. The molecule has 10 aromatic rings. The zero-order valence-corrected chi connectivity index (χ0v) is 25.7. The highest BCUT2D eigenvalue weighted by molar-refractivity contribution is 6.26. The zero-order chi connectivity index (χ0) is 43.6. The molecule has 0 atom stereocenters. The Bertz CT molecular complexity index is 3510. The van der Waals surface area contributed by atoms with Gasteiger partial charge in [-0.3, -0.25) is 0 Å². The van der Waals surface area contributed by atoms with Gasteiger partial charge in [-0.05, 0) is 65.8 Å². The summed E-state index contributed by atoms with van der Waals surface area (Å²) in [5.74, 6) is 0.164. The molecular weight excluding hydrogens is 593 g/mol. The number of hydrogen-bond acceptors (Lipinski definition) is 1. The van der Waals surface area contributed by atoms with E-state index < -0.39 is 78.6 Å². The highest BCUT2D eigenvalue weighted by Gasteiger charge is 2.26. The molecule has 228 valence electrons. The lowest BCUT2D eigenvalue weighted by Gasteiger charge is -2.18. The zero-order valence-electron chi connectivity index (χ0n) is 38.7. The van der Waals surface area contributed by atoms with E-state index in [4.69, 9.17) is 16.8 Å². The Hall–Kier alpha value is -6.44. The Morgan fingerprint density at radius 2 is 0.939 bits per heavy atom. The number of rotatable bonds is 4. The smallest absolute Gasteiger partial charge is 0.143 e. The SMILES string of the molecule is [2H]c1c([2H])c([2H])c(-c2cccc3c(-c4c5c([2H])c([2H])c([2H])c([2H])c5c(-c5ccccc5)c5c([2H])c([2H])c([2H])c([2H])c45)c(-c4cc5ccccc5c5ccccc45)oc23)c([2H])c1[2H]. The molecule has 10 rings (SSSR count). The second kappa shape index (κ2) is 11.1. The number of hydrogen-bond donors (Lipinski definition) is 0. The lowest BCUT2D eigenvalue weighted by molar-refractivity contribution is 0.634. The van der Waals surface area contributed by atoms with Gasteiger partial charge in [0, 0.05) is 27.6 Å². The van der Waals surface area contributed by atoms with Crippen LogP contribution in [0.3, 0.4) is 0 Å². The van der Waals surface area contributed by atoms with Gasteiger partial charge in [-0.1, -0.05) is 176 Å². The van der Waals surface area contributed by atoms with Crippen molar-refractivity contribution in [1.82, 2.24) is 0 Å². The summed E-state index contributed by atoms with van der Waals surface area (Å²) < 4.78 is 124. The molecule has 9 aromatic carbocycles. The van der Waals surface area contributed by atoms with Crippen LogP contribution < -0.4 is 0 Å². The Morgan fingerprint density at radius 3 is 1.65 bits per heavy atom. The van der Waals surface area contributed by atoms with Crippen molar-refractivity contribution in [3.8, 4) is 44.7 Å². The predicted molar refractivity (Wildman–Crippen MR) is 208 cm³/mol. The molecule has 1 aromatic heterocycles. The molecular formula is C48H30O. The number of furan rings is 1. The van der Waals surface area contributed by atoms with Gasteiger partial charge in [0.2, 0.25) is 0 Å². The van der Waals surface area contributed by atoms with E-state index >= 15 is 0 Å². The van der Waals surface area contributed by atoms with Crippen molar-refractivity contribution >= 4 is 54.1 Å². The molecule has 49 heavy (non-hydrogen) atoms. The molecule has 1 heterocycles. The van der Waals surface area contributed by atoms with Crippen molar-refractivity contribution in [3.63, 3.8) is 0 Å². The molecule has 0 unspecified atom stereocenters. The molecule has 0 radical (unpaired) electrons. The van der Waals surface area contributed by atoms with Gasteiger partial charge in [-0.15, -0.1) is 0 Å². The maximum absolute atomic E-state index is 9.62. The fourth-order valence-electron chi connectivity index (χ4n) is 7.15. The lowest BCUT2D eigenvalue weighted by atomic mass is 9.84. The van der Waals surface area contributed by atoms with Gasteiger partial charge in [0.15, 0.2) is 0 Å². The van der Waals surface area contributed by atoms with Gasteiger partial charge >= 0.3 is 0 Å². The summed E-state index contributed by atoms with van der Waals surface area (Å²) in [6.45, 7) is 0. The van der Waals surface area contributed by atoms with Gasteiger partial charge < -0.3 is 4.42 Å². The summed E-state index contributed by atoms with van der Waals surface area (Å²) in [5, 5.41) is 3.68. The molecule has 0 amide bonds. The maximum Gasteiger partial charge on any atom is 0.143 e. The summed E-state index contributed by atoms with van der Waals surface area (Å²) in [7, 11) is 0. The second-order valence-corrected chi connectivity index (χ2v) is 11.8. The van der Waals surface area contributed by atoms with Crippen LogP contribution in [-0.4, -0.2) is 0 Å². The van der Waals surface area contributed by atoms with Crippen LogP contribution in [-0.2, 0) is 0 Å². The van der Waals surface area contributed by atoms with Gasteiger partial charge in [0.05, 0.1) is 17.8 Å². The van der Waals surface area contributed by atoms with Crippen LogP contribution in [0.25, 0.3) is 98.8 Å². The fraction of sp³-hybridized carbons (Fsp3) is 0. The molecule has 0 aliphatic rings. The van der Waals surface area contributed by atoms with E-state index in [1.807, 2.05) is 54.6 Å². The summed E-state index contributed by atoms with van der Waals surface area (Å²) in [6, 6.07) is 24.4. The summed E-state index contributed by atoms with van der Waals surface area (Å²) >= 11 is 0. The highest BCUT2D eigenvalue weighted by atomic mass is 16.3. The van der Waals surface area contributed by atoms with Gasteiger partial charge in [0.1, 0.15) is 11.3 Å². The Morgan fingerprint density at radius 1 is 0.367 bits per heavy atom. The average molecular weight is 636 g/mol. The van der Waals surface area contributed by atoms with Crippen molar-refractivity contribution < 1.29 is 22.2 Å². The fourth-order valence-corrected chi connectivity index (χ4v) is 7.15. The van der Waals surface area contributed by atoms with Crippen LogP contribution in [0, 0.1) is 0 Å². The monoisotopic (exact) mass is 635 g/mol. The molecule has 0 fully saturated rings. The van der Waals surface area contributed by atoms with E-state index in [9.17, 15) is 5.48 Å². The third-order valence-electron chi connectivity index (χ3n) is 9.19. The Kier molecular flexibility index (Phi) is 3.99. The quantitative estimate of drug-likeness (QED) is 0.139. The van der Waals surface area contributed by atoms with Crippen LogP contribution in [0.1, 0.15) is 17.8 Å². The van der Waals surface area contributed by atoms with Crippen LogP contribution in [0.5, 0.6) is 0 Å². The van der Waals surface area contributed by atoms with Crippen LogP contribution >= 0.6 is 0 Å². The number of benzene rings is 9. The minimum absolute atomic E-state index is 0.0189. The second-order valence-electron chi connectivity index (χ2n) is 11.8. The van der Waals surface area contributed by atoms with Crippen LogP contribution in [0.15, 0.2) is 186 Å². The number of fused-ring (bicyclic) bond motifs is 6. The Labute approximate surface area is 302 Å².